The number of esters is 1. The normalized spacial score (nSPS) is 10.1. The lowest BCUT2D eigenvalue weighted by molar-refractivity contribution is -0.120. The smallest absolute Gasteiger partial charge is 0.338 e. The van der Waals surface area contributed by atoms with Gasteiger partial charge in [0.25, 0.3) is 0 Å². The standard InChI is InChI=1S/C19H19ClN2O4/c1-3-26-19(25)14-8-10-15(11-9-14)22(13(2)23)12-18(24)21-17-7-5-4-6-16(17)20/h4-11H,3,12H2,1-2H3,(H,21,24). The van der Waals surface area contributed by atoms with Crippen molar-refractivity contribution < 1.29 is 19.1 Å². The van der Waals surface area contributed by atoms with E-state index in [2.05, 4.69) is 5.32 Å². The summed E-state index contributed by atoms with van der Waals surface area (Å²) in [6.45, 7) is 3.19. The van der Waals surface area contributed by atoms with Crippen LogP contribution in [0.5, 0.6) is 0 Å². The predicted molar refractivity (Wildman–Crippen MR) is 101 cm³/mol. The van der Waals surface area contributed by atoms with Crippen molar-refractivity contribution in [3.63, 3.8) is 0 Å². The quantitative estimate of drug-likeness (QED) is 0.785. The molecule has 0 radical (unpaired) electrons. The van der Waals surface area contributed by atoms with E-state index in [1.165, 1.54) is 11.8 Å². The molecule has 0 unspecified atom stereocenters. The molecule has 0 aliphatic carbocycles. The molecule has 2 aromatic rings. The van der Waals surface area contributed by atoms with Gasteiger partial charge < -0.3 is 15.0 Å². The van der Waals surface area contributed by atoms with Crippen molar-refractivity contribution in [2.45, 2.75) is 13.8 Å². The van der Waals surface area contributed by atoms with Gasteiger partial charge in [-0.25, -0.2) is 4.79 Å². The molecule has 0 heterocycles. The Bertz CT molecular complexity index is 805. The molecule has 2 rings (SSSR count). The highest BCUT2D eigenvalue weighted by Gasteiger charge is 2.17. The van der Waals surface area contributed by atoms with Gasteiger partial charge in [-0.1, -0.05) is 23.7 Å². The zero-order chi connectivity index (χ0) is 19.1. The second kappa shape index (κ2) is 9.01. The van der Waals surface area contributed by atoms with Gasteiger partial charge in [0.05, 0.1) is 22.9 Å². The average Bonchev–Trinajstić information content (AvgIpc) is 2.62. The molecule has 0 spiro atoms. The second-order valence-electron chi connectivity index (χ2n) is 5.40. The number of nitrogens with one attached hydrogen (secondary N) is 1. The van der Waals surface area contributed by atoms with E-state index < -0.39 is 5.97 Å². The van der Waals surface area contributed by atoms with Crippen LogP contribution in [0.1, 0.15) is 24.2 Å². The fourth-order valence-electron chi connectivity index (χ4n) is 2.27. The third kappa shape index (κ3) is 5.07. The molecule has 0 bridgehead atoms. The van der Waals surface area contributed by atoms with Gasteiger partial charge in [-0.2, -0.15) is 0 Å². The summed E-state index contributed by atoms with van der Waals surface area (Å²) in [7, 11) is 0. The van der Waals surface area contributed by atoms with E-state index in [1.54, 1.807) is 55.5 Å². The summed E-state index contributed by atoms with van der Waals surface area (Å²) in [5.74, 6) is -1.13. The van der Waals surface area contributed by atoms with Gasteiger partial charge in [0.15, 0.2) is 0 Å². The van der Waals surface area contributed by atoms with Crippen LogP contribution >= 0.6 is 11.6 Å². The molecule has 26 heavy (non-hydrogen) atoms. The SMILES string of the molecule is CCOC(=O)c1ccc(N(CC(=O)Nc2ccccc2Cl)C(C)=O)cc1. The summed E-state index contributed by atoms with van der Waals surface area (Å²) in [5, 5.41) is 3.08. The zero-order valence-electron chi connectivity index (χ0n) is 14.5. The van der Waals surface area contributed by atoms with Gasteiger partial charge in [-0.3, -0.25) is 9.59 Å². The molecular formula is C19H19ClN2O4. The molecule has 2 amide bonds. The molecule has 0 aliphatic heterocycles. The zero-order valence-corrected chi connectivity index (χ0v) is 15.2. The highest BCUT2D eigenvalue weighted by atomic mass is 35.5. The summed E-state index contributed by atoms with van der Waals surface area (Å²) >= 11 is 6.02. The van der Waals surface area contributed by atoms with Crippen LogP contribution in [0.15, 0.2) is 48.5 Å². The number of halogens is 1. The van der Waals surface area contributed by atoms with Crippen molar-refractivity contribution in [2.24, 2.45) is 0 Å². The van der Waals surface area contributed by atoms with Crippen LogP contribution in [0.25, 0.3) is 0 Å². The van der Waals surface area contributed by atoms with Gasteiger partial charge in [-0.15, -0.1) is 0 Å². The van der Waals surface area contributed by atoms with Gasteiger partial charge in [0.1, 0.15) is 6.54 Å². The van der Waals surface area contributed by atoms with Crippen LogP contribution in [-0.4, -0.2) is 30.9 Å². The first-order valence-corrected chi connectivity index (χ1v) is 8.39. The molecule has 0 saturated heterocycles. The van der Waals surface area contributed by atoms with E-state index in [1.807, 2.05) is 0 Å². The van der Waals surface area contributed by atoms with Crippen LogP contribution in [0.2, 0.25) is 5.02 Å². The number of hydrogen-bond donors (Lipinski definition) is 1. The first-order valence-electron chi connectivity index (χ1n) is 8.02. The molecular weight excluding hydrogens is 356 g/mol. The Hall–Kier alpha value is -2.86. The molecule has 0 fully saturated rings. The highest BCUT2D eigenvalue weighted by Crippen LogP contribution is 2.21. The Morgan fingerprint density at radius 2 is 1.73 bits per heavy atom. The Labute approximate surface area is 156 Å². The van der Waals surface area contributed by atoms with Crippen LogP contribution < -0.4 is 10.2 Å². The summed E-state index contributed by atoms with van der Waals surface area (Å²) in [4.78, 5) is 37.2. The lowest BCUT2D eigenvalue weighted by atomic mass is 10.2. The minimum Gasteiger partial charge on any atom is -0.462 e. The van der Waals surface area contributed by atoms with E-state index in [0.29, 0.717) is 22.0 Å². The molecule has 6 nitrogen and oxygen atoms in total. The monoisotopic (exact) mass is 374 g/mol. The number of ether oxygens (including phenoxy) is 1. The van der Waals surface area contributed by atoms with Gasteiger partial charge in [-0.05, 0) is 43.3 Å². The van der Waals surface area contributed by atoms with Gasteiger partial charge in [0.2, 0.25) is 11.8 Å². The number of rotatable bonds is 6. The molecule has 0 aliphatic rings. The van der Waals surface area contributed by atoms with Crippen LogP contribution in [0, 0.1) is 0 Å². The maximum atomic E-state index is 12.3. The Kier molecular flexibility index (Phi) is 6.74. The van der Waals surface area contributed by atoms with Crippen molar-refractivity contribution in [1.29, 1.82) is 0 Å². The maximum absolute atomic E-state index is 12.3. The summed E-state index contributed by atoms with van der Waals surface area (Å²) in [6.07, 6.45) is 0. The van der Waals surface area contributed by atoms with Gasteiger partial charge in [0, 0.05) is 12.6 Å². The molecule has 0 saturated carbocycles. The van der Waals surface area contributed by atoms with Crippen LogP contribution in [0.4, 0.5) is 11.4 Å². The number of carbonyl (C=O) groups excluding carboxylic acids is 3. The maximum Gasteiger partial charge on any atom is 0.338 e. The average molecular weight is 375 g/mol. The van der Waals surface area contributed by atoms with E-state index >= 15 is 0 Å². The Balaban J connectivity index is 2.11. The van der Waals surface area contributed by atoms with Crippen LogP contribution in [0.3, 0.4) is 0 Å². The minimum absolute atomic E-state index is 0.181. The largest absolute Gasteiger partial charge is 0.462 e. The topological polar surface area (TPSA) is 75.7 Å². The second-order valence-corrected chi connectivity index (χ2v) is 5.81. The third-order valence-corrected chi connectivity index (χ3v) is 3.85. The molecule has 0 aromatic heterocycles. The fourth-order valence-corrected chi connectivity index (χ4v) is 2.46. The van der Waals surface area contributed by atoms with Crippen molar-refractivity contribution >= 4 is 40.8 Å². The molecule has 2 aromatic carbocycles. The number of nitrogens with zero attached hydrogens (tertiary/aromatic N) is 1. The molecule has 0 atom stereocenters. The van der Waals surface area contributed by atoms with Gasteiger partial charge >= 0.3 is 5.97 Å². The van der Waals surface area contributed by atoms with Crippen molar-refractivity contribution in [3.8, 4) is 0 Å². The highest BCUT2D eigenvalue weighted by molar-refractivity contribution is 6.33. The van der Waals surface area contributed by atoms with E-state index in [9.17, 15) is 14.4 Å². The van der Waals surface area contributed by atoms with Crippen LogP contribution in [-0.2, 0) is 14.3 Å². The fraction of sp³-hybridized carbons (Fsp3) is 0.211. The number of carbonyl (C=O) groups is 3. The number of benzene rings is 2. The lowest BCUT2D eigenvalue weighted by Crippen LogP contribution is -2.36. The summed E-state index contributed by atoms with van der Waals surface area (Å²) in [6, 6.07) is 13.1. The minimum atomic E-state index is -0.440. The number of anilines is 2. The Morgan fingerprint density at radius 1 is 1.08 bits per heavy atom. The number of para-hydroxylation sites is 1. The first-order chi connectivity index (χ1) is 12.4. The molecule has 1 N–H and O–H groups in total. The van der Waals surface area contributed by atoms with Crippen molar-refractivity contribution in [2.75, 3.05) is 23.4 Å². The van der Waals surface area contributed by atoms with Crippen molar-refractivity contribution in [3.05, 3.63) is 59.1 Å². The third-order valence-electron chi connectivity index (χ3n) is 3.52. The summed E-state index contributed by atoms with van der Waals surface area (Å²) < 4.78 is 4.92. The number of amides is 2. The van der Waals surface area contributed by atoms with Crippen molar-refractivity contribution in [1.82, 2.24) is 0 Å². The molecule has 136 valence electrons. The van der Waals surface area contributed by atoms with E-state index in [0.717, 1.165) is 0 Å². The number of hydrogen-bond acceptors (Lipinski definition) is 4. The Morgan fingerprint density at radius 3 is 2.31 bits per heavy atom. The molecule has 7 heteroatoms. The van der Waals surface area contributed by atoms with E-state index in [4.69, 9.17) is 16.3 Å². The predicted octanol–water partition coefficient (Wildman–Crippen LogP) is 3.51. The summed E-state index contributed by atoms with van der Waals surface area (Å²) in [5.41, 5.74) is 1.35. The first kappa shape index (κ1) is 19.5. The van der Waals surface area contributed by atoms with E-state index in [-0.39, 0.29) is 25.0 Å². The lowest BCUT2D eigenvalue weighted by Gasteiger charge is -2.21.